The average Bonchev–Trinajstić information content (AvgIpc) is 3.22. The van der Waals surface area contributed by atoms with Crippen LogP contribution in [0.1, 0.15) is 42.3 Å². The lowest BCUT2D eigenvalue weighted by Gasteiger charge is -2.32. The third-order valence-corrected chi connectivity index (χ3v) is 6.83. The normalized spacial score (nSPS) is 17.5. The van der Waals surface area contributed by atoms with Crippen LogP contribution in [-0.4, -0.2) is 39.1 Å². The zero-order chi connectivity index (χ0) is 22.1. The lowest BCUT2D eigenvalue weighted by atomic mass is 9.99. The van der Waals surface area contributed by atoms with Crippen LogP contribution >= 0.6 is 0 Å². The van der Waals surface area contributed by atoms with Gasteiger partial charge in [0.15, 0.2) is 0 Å². The lowest BCUT2D eigenvalue weighted by Crippen LogP contribution is -2.39. The third-order valence-electron chi connectivity index (χ3n) is 6.83. The topological polar surface area (TPSA) is 57.2 Å². The Morgan fingerprint density at radius 1 is 1.09 bits per heavy atom. The van der Waals surface area contributed by atoms with Crippen LogP contribution in [0.3, 0.4) is 0 Å². The van der Waals surface area contributed by atoms with Crippen molar-refractivity contribution >= 4 is 5.95 Å². The molecule has 0 bridgehead atoms. The Balaban J connectivity index is 1.31. The van der Waals surface area contributed by atoms with Gasteiger partial charge in [-0.25, -0.2) is 9.37 Å². The molecular weight excluding hydrogens is 405 g/mol. The van der Waals surface area contributed by atoms with Crippen molar-refractivity contribution in [2.45, 2.75) is 45.8 Å². The number of fused-ring (bicyclic) bond motifs is 1. The number of rotatable bonds is 5. The first-order valence-electron chi connectivity index (χ1n) is 11.5. The van der Waals surface area contributed by atoms with Crippen molar-refractivity contribution in [3.05, 3.63) is 81.3 Å². The molecule has 32 heavy (non-hydrogen) atoms. The number of halogens is 1. The van der Waals surface area contributed by atoms with Gasteiger partial charge in [-0.2, -0.15) is 0 Å². The van der Waals surface area contributed by atoms with Crippen LogP contribution < -0.4 is 10.5 Å². The van der Waals surface area contributed by atoms with Gasteiger partial charge in [0, 0.05) is 55.7 Å². The predicted molar refractivity (Wildman–Crippen MR) is 123 cm³/mol. The molecule has 2 aliphatic heterocycles. The van der Waals surface area contributed by atoms with Gasteiger partial charge in [0.25, 0.3) is 5.56 Å². The van der Waals surface area contributed by atoms with Crippen molar-refractivity contribution in [3.8, 4) is 0 Å². The van der Waals surface area contributed by atoms with Gasteiger partial charge in [-0.05, 0) is 43.4 Å². The maximum atomic E-state index is 14.1. The van der Waals surface area contributed by atoms with Gasteiger partial charge in [0.1, 0.15) is 5.82 Å². The number of hydrogen-bond acceptors (Lipinski definition) is 4. The van der Waals surface area contributed by atoms with Crippen LogP contribution in [0.15, 0.2) is 47.4 Å². The molecule has 2 aliphatic rings. The predicted octanol–water partition coefficient (Wildman–Crippen LogP) is 3.55. The molecular formula is C25H30FN5O. The number of anilines is 1. The summed E-state index contributed by atoms with van der Waals surface area (Å²) in [7, 11) is 0. The highest BCUT2D eigenvalue weighted by Crippen LogP contribution is 2.23. The molecule has 0 saturated carbocycles. The number of aromatic amines is 1. The van der Waals surface area contributed by atoms with Crippen molar-refractivity contribution in [1.29, 1.82) is 0 Å². The van der Waals surface area contributed by atoms with Gasteiger partial charge in [-0.3, -0.25) is 14.7 Å². The second-order valence-corrected chi connectivity index (χ2v) is 9.16. The Morgan fingerprint density at radius 2 is 1.91 bits per heavy atom. The molecule has 3 aromatic rings. The molecule has 5 rings (SSSR count). The molecule has 0 aliphatic carbocycles. The van der Waals surface area contributed by atoms with Gasteiger partial charge in [0.05, 0.1) is 12.2 Å². The Hall–Kier alpha value is -2.93. The molecule has 7 heteroatoms. The molecule has 0 atom stereocenters. The number of H-pyrrole nitrogens is 1. The summed E-state index contributed by atoms with van der Waals surface area (Å²) in [6.45, 7) is 6.87. The molecule has 1 fully saturated rings. The number of hydrogen-bond donors (Lipinski definition) is 1. The monoisotopic (exact) mass is 435 g/mol. The van der Waals surface area contributed by atoms with Gasteiger partial charge in [-0.15, -0.1) is 0 Å². The number of benzene rings is 1. The van der Waals surface area contributed by atoms with E-state index in [9.17, 15) is 9.18 Å². The van der Waals surface area contributed by atoms with Crippen molar-refractivity contribution in [1.82, 2.24) is 19.4 Å². The molecule has 0 spiro atoms. The first kappa shape index (κ1) is 20.9. The summed E-state index contributed by atoms with van der Waals surface area (Å²) in [5, 5.41) is 0. The van der Waals surface area contributed by atoms with E-state index in [4.69, 9.17) is 4.98 Å². The standard InChI is InChI=1S/C25H30FN5O/c1-18-8-13-30(14-9-18)25-27-23-17-29(12-10-21(23)24(32)28-25)16-20-6-4-11-31(20)15-19-5-2-3-7-22(19)26/h2-7,11,18H,8-10,12-17H2,1H3,(H,27,28,32). The highest BCUT2D eigenvalue weighted by Gasteiger charge is 2.24. The molecule has 1 N–H and O–H groups in total. The van der Waals surface area contributed by atoms with Gasteiger partial charge in [0.2, 0.25) is 5.95 Å². The first-order valence-corrected chi connectivity index (χ1v) is 11.5. The quantitative estimate of drug-likeness (QED) is 0.666. The van der Waals surface area contributed by atoms with Crippen molar-refractivity contribution in [2.24, 2.45) is 5.92 Å². The second kappa shape index (κ2) is 8.90. The zero-order valence-corrected chi connectivity index (χ0v) is 18.6. The minimum Gasteiger partial charge on any atom is -0.346 e. The van der Waals surface area contributed by atoms with E-state index >= 15 is 0 Å². The van der Waals surface area contributed by atoms with Crippen molar-refractivity contribution in [3.63, 3.8) is 0 Å². The minimum absolute atomic E-state index is 0.00574. The number of piperidine rings is 1. The summed E-state index contributed by atoms with van der Waals surface area (Å²) < 4.78 is 16.2. The van der Waals surface area contributed by atoms with Crippen molar-refractivity contribution < 1.29 is 4.39 Å². The smallest absolute Gasteiger partial charge is 0.255 e. The van der Waals surface area contributed by atoms with E-state index in [2.05, 4.69) is 32.3 Å². The van der Waals surface area contributed by atoms with Crippen LogP contribution in [0.25, 0.3) is 0 Å². The van der Waals surface area contributed by atoms with Gasteiger partial charge >= 0.3 is 0 Å². The Kier molecular flexibility index (Phi) is 5.83. The average molecular weight is 436 g/mol. The highest BCUT2D eigenvalue weighted by atomic mass is 19.1. The maximum absolute atomic E-state index is 14.1. The van der Waals surface area contributed by atoms with Crippen LogP contribution in [0.2, 0.25) is 0 Å². The van der Waals surface area contributed by atoms with E-state index in [-0.39, 0.29) is 11.4 Å². The maximum Gasteiger partial charge on any atom is 0.255 e. The van der Waals surface area contributed by atoms with Gasteiger partial charge < -0.3 is 9.47 Å². The molecule has 6 nitrogen and oxygen atoms in total. The van der Waals surface area contributed by atoms with Crippen LogP contribution in [0, 0.1) is 11.7 Å². The Bertz CT molecular complexity index is 1150. The largest absolute Gasteiger partial charge is 0.346 e. The highest BCUT2D eigenvalue weighted by molar-refractivity contribution is 5.35. The van der Waals surface area contributed by atoms with Crippen LogP contribution in [0.5, 0.6) is 0 Å². The van der Waals surface area contributed by atoms with Crippen LogP contribution in [-0.2, 0) is 26.1 Å². The van der Waals surface area contributed by atoms with E-state index < -0.39 is 0 Å². The van der Waals surface area contributed by atoms with E-state index in [1.807, 2.05) is 24.4 Å². The minimum atomic E-state index is -0.179. The van der Waals surface area contributed by atoms with E-state index in [1.165, 1.54) is 6.07 Å². The third kappa shape index (κ3) is 4.35. The lowest BCUT2D eigenvalue weighted by molar-refractivity contribution is 0.235. The summed E-state index contributed by atoms with van der Waals surface area (Å²) in [6, 6.07) is 11.0. The summed E-state index contributed by atoms with van der Waals surface area (Å²) in [6.07, 6.45) is 4.96. The zero-order valence-electron chi connectivity index (χ0n) is 18.6. The summed E-state index contributed by atoms with van der Waals surface area (Å²) >= 11 is 0. The summed E-state index contributed by atoms with van der Waals surface area (Å²) in [5.74, 6) is 1.26. The molecule has 0 amide bonds. The fraction of sp³-hybridized carbons (Fsp3) is 0.440. The van der Waals surface area contributed by atoms with Crippen LogP contribution in [0.4, 0.5) is 10.3 Å². The molecule has 0 unspecified atom stereocenters. The summed E-state index contributed by atoms with van der Waals surface area (Å²) in [5.41, 5.74) is 3.53. The molecule has 0 radical (unpaired) electrons. The SMILES string of the molecule is CC1CCN(c2nc3c(c(=O)[nH]2)CCN(Cc2cccn2Cc2ccccc2F)C3)CC1. The second-order valence-electron chi connectivity index (χ2n) is 9.16. The number of nitrogens with one attached hydrogen (secondary N) is 1. The van der Waals surface area contributed by atoms with Crippen molar-refractivity contribution in [2.75, 3.05) is 24.5 Å². The van der Waals surface area contributed by atoms with E-state index in [0.717, 1.165) is 61.9 Å². The van der Waals surface area contributed by atoms with E-state index in [1.54, 1.807) is 6.07 Å². The Morgan fingerprint density at radius 3 is 2.72 bits per heavy atom. The Labute approximate surface area is 187 Å². The number of nitrogens with zero attached hydrogens (tertiary/aromatic N) is 4. The fourth-order valence-electron chi connectivity index (χ4n) is 4.77. The molecule has 2 aromatic heterocycles. The molecule has 1 aromatic carbocycles. The van der Waals surface area contributed by atoms with E-state index in [0.29, 0.717) is 31.0 Å². The first-order chi connectivity index (χ1) is 15.6. The molecule has 1 saturated heterocycles. The fourth-order valence-corrected chi connectivity index (χ4v) is 4.77. The summed E-state index contributed by atoms with van der Waals surface area (Å²) in [4.78, 5) is 25.2. The molecule has 168 valence electrons. The molecule has 4 heterocycles. The number of aromatic nitrogens is 3. The van der Waals surface area contributed by atoms with Gasteiger partial charge in [-0.1, -0.05) is 25.1 Å².